The van der Waals surface area contributed by atoms with Crippen LogP contribution in [0, 0.1) is 6.92 Å². The molecule has 5 rings (SSSR count). The summed E-state index contributed by atoms with van der Waals surface area (Å²) in [5.74, 6) is -0.419. The quantitative estimate of drug-likeness (QED) is 0.381. The van der Waals surface area contributed by atoms with Crippen LogP contribution in [0.3, 0.4) is 0 Å². The molecule has 210 valence electrons. The number of aryl methyl sites for hydroxylation is 2. The van der Waals surface area contributed by atoms with Gasteiger partial charge >= 0.3 is 12.1 Å². The number of carboxylic acids is 1. The number of hydrogen-bond acceptors (Lipinski definition) is 6. The van der Waals surface area contributed by atoms with Crippen molar-refractivity contribution in [3.63, 3.8) is 0 Å². The highest BCUT2D eigenvalue weighted by atomic mass is 16.6. The number of carbonyl (C=O) groups is 2. The lowest BCUT2D eigenvalue weighted by Gasteiger charge is -2.34. The van der Waals surface area contributed by atoms with E-state index < -0.39 is 17.7 Å². The van der Waals surface area contributed by atoms with E-state index in [1.165, 1.54) is 16.7 Å². The zero-order valence-electron chi connectivity index (χ0n) is 23.5. The Morgan fingerprint density at radius 2 is 1.93 bits per heavy atom. The Bertz CT molecular complexity index is 1680. The third-order valence-corrected chi connectivity index (χ3v) is 7.33. The van der Waals surface area contributed by atoms with Crippen LogP contribution < -0.4 is 15.8 Å². The van der Waals surface area contributed by atoms with Gasteiger partial charge < -0.3 is 29.2 Å². The number of benzene rings is 2. The van der Waals surface area contributed by atoms with Crippen LogP contribution in [0.5, 0.6) is 0 Å². The first-order chi connectivity index (χ1) is 18.9. The molecule has 0 saturated carbocycles. The topological polar surface area (TPSA) is 119 Å². The molecule has 1 amide bonds. The number of hydrogen-bond donors (Lipinski definition) is 2. The standard InChI is InChI=1S/C30H35N5O5/c1-18-9-6-7-10-20(18)16-35-25-24(22-13-12-19(27(37)38)15-23(22)33(5)26(25)36)32-28(35)34-14-8-11-21(17-34)31-29(39)40-30(2,3)4/h6-7,9-10,12-13,15,21H,8,11,14,16-17H2,1-5H3,(H,31,39)(H,37,38)/t21-/m1/s1. The Morgan fingerprint density at radius 3 is 2.62 bits per heavy atom. The Labute approximate surface area is 232 Å². The molecule has 2 N–H and O–H groups in total. The number of pyridine rings is 1. The number of alkyl carbamates (subject to hydrolysis) is 1. The summed E-state index contributed by atoms with van der Waals surface area (Å²) < 4.78 is 8.93. The summed E-state index contributed by atoms with van der Waals surface area (Å²) in [5.41, 5.74) is 2.91. The van der Waals surface area contributed by atoms with Gasteiger partial charge in [0.15, 0.2) is 0 Å². The third-order valence-electron chi connectivity index (χ3n) is 7.33. The second-order valence-electron chi connectivity index (χ2n) is 11.5. The summed E-state index contributed by atoms with van der Waals surface area (Å²) in [6.07, 6.45) is 1.17. The zero-order chi connectivity index (χ0) is 28.8. The van der Waals surface area contributed by atoms with Crippen molar-refractivity contribution in [2.45, 2.75) is 58.7 Å². The summed E-state index contributed by atoms with van der Waals surface area (Å²) in [5, 5.41) is 13.2. The number of fused-ring (bicyclic) bond motifs is 3. The number of nitrogens with one attached hydrogen (secondary N) is 1. The van der Waals surface area contributed by atoms with E-state index in [9.17, 15) is 19.5 Å². The summed E-state index contributed by atoms with van der Waals surface area (Å²) in [6.45, 7) is 9.19. The lowest BCUT2D eigenvalue weighted by Crippen LogP contribution is -2.49. The molecule has 10 heteroatoms. The van der Waals surface area contributed by atoms with Crippen molar-refractivity contribution in [1.82, 2.24) is 19.4 Å². The smallest absolute Gasteiger partial charge is 0.407 e. The molecule has 10 nitrogen and oxygen atoms in total. The van der Waals surface area contributed by atoms with Crippen molar-refractivity contribution >= 4 is 39.9 Å². The highest BCUT2D eigenvalue weighted by molar-refractivity contribution is 6.05. The van der Waals surface area contributed by atoms with Gasteiger partial charge in [0.1, 0.15) is 16.6 Å². The lowest BCUT2D eigenvalue weighted by atomic mass is 10.1. The van der Waals surface area contributed by atoms with E-state index >= 15 is 0 Å². The van der Waals surface area contributed by atoms with Crippen LogP contribution in [0.2, 0.25) is 0 Å². The van der Waals surface area contributed by atoms with Crippen molar-refractivity contribution < 1.29 is 19.4 Å². The van der Waals surface area contributed by atoms with E-state index in [1.54, 1.807) is 13.1 Å². The molecule has 3 heterocycles. The van der Waals surface area contributed by atoms with E-state index in [-0.39, 0.29) is 17.2 Å². The number of ether oxygens (including phenoxy) is 1. The fourth-order valence-electron chi connectivity index (χ4n) is 5.36. The predicted molar refractivity (Wildman–Crippen MR) is 154 cm³/mol. The van der Waals surface area contributed by atoms with E-state index in [2.05, 4.69) is 10.2 Å². The number of aromatic nitrogens is 3. The molecule has 2 aromatic heterocycles. The highest BCUT2D eigenvalue weighted by Gasteiger charge is 2.29. The minimum Gasteiger partial charge on any atom is -0.478 e. The predicted octanol–water partition coefficient (Wildman–Crippen LogP) is 4.44. The van der Waals surface area contributed by atoms with Gasteiger partial charge in [0.25, 0.3) is 5.56 Å². The minimum absolute atomic E-state index is 0.105. The van der Waals surface area contributed by atoms with Gasteiger partial charge in [0.05, 0.1) is 17.6 Å². The van der Waals surface area contributed by atoms with E-state index in [0.717, 1.165) is 24.0 Å². The number of amides is 1. The van der Waals surface area contributed by atoms with Crippen LogP contribution >= 0.6 is 0 Å². The normalized spacial score (nSPS) is 15.9. The Balaban J connectivity index is 1.64. The van der Waals surface area contributed by atoms with Crippen LogP contribution in [0.15, 0.2) is 47.3 Å². The largest absolute Gasteiger partial charge is 0.478 e. The Kier molecular flexibility index (Phi) is 7.03. The average molecular weight is 546 g/mol. The second-order valence-corrected chi connectivity index (χ2v) is 11.5. The molecule has 0 unspecified atom stereocenters. The molecular weight excluding hydrogens is 510 g/mol. The fraction of sp³-hybridized carbons (Fsp3) is 0.400. The van der Waals surface area contributed by atoms with Crippen molar-refractivity contribution in [3.8, 4) is 0 Å². The maximum Gasteiger partial charge on any atom is 0.407 e. The zero-order valence-corrected chi connectivity index (χ0v) is 23.5. The highest BCUT2D eigenvalue weighted by Crippen LogP contribution is 2.30. The van der Waals surface area contributed by atoms with Crippen LogP contribution in [0.4, 0.5) is 10.7 Å². The van der Waals surface area contributed by atoms with Gasteiger partial charge in [0, 0.05) is 31.6 Å². The van der Waals surface area contributed by atoms with Gasteiger partial charge in [-0.1, -0.05) is 24.3 Å². The first-order valence-corrected chi connectivity index (χ1v) is 13.5. The van der Waals surface area contributed by atoms with Crippen LogP contribution in [0.25, 0.3) is 21.9 Å². The number of carbonyl (C=O) groups excluding carboxylic acids is 1. The number of rotatable bonds is 5. The van der Waals surface area contributed by atoms with Crippen molar-refractivity contribution in [2.75, 3.05) is 18.0 Å². The maximum atomic E-state index is 13.8. The number of carboxylic acid groups (broad SMARTS) is 1. The molecule has 4 aromatic rings. The molecule has 1 aliphatic heterocycles. The van der Waals surface area contributed by atoms with E-state index in [4.69, 9.17) is 9.72 Å². The van der Waals surface area contributed by atoms with Gasteiger partial charge in [-0.15, -0.1) is 0 Å². The Hall–Kier alpha value is -4.34. The van der Waals surface area contributed by atoms with Crippen molar-refractivity contribution in [2.24, 2.45) is 7.05 Å². The molecule has 1 saturated heterocycles. The summed E-state index contributed by atoms with van der Waals surface area (Å²) in [7, 11) is 1.65. The SMILES string of the molecule is Cc1ccccc1Cn1c(N2CCC[C@@H](NC(=O)OC(C)(C)C)C2)nc2c3ccc(C(=O)O)cc3n(C)c(=O)c21. The van der Waals surface area contributed by atoms with Gasteiger partial charge in [-0.2, -0.15) is 0 Å². The molecule has 1 fully saturated rings. The minimum atomic E-state index is -1.06. The molecule has 2 aromatic carbocycles. The van der Waals surface area contributed by atoms with Gasteiger partial charge in [-0.25, -0.2) is 14.6 Å². The van der Waals surface area contributed by atoms with Crippen molar-refractivity contribution in [3.05, 3.63) is 69.5 Å². The van der Waals surface area contributed by atoms with E-state index in [0.29, 0.717) is 47.5 Å². The Morgan fingerprint density at radius 1 is 1.18 bits per heavy atom. The molecule has 0 spiro atoms. The average Bonchev–Trinajstić information content (AvgIpc) is 3.26. The first-order valence-electron chi connectivity index (χ1n) is 13.5. The lowest BCUT2D eigenvalue weighted by molar-refractivity contribution is 0.0499. The maximum absolute atomic E-state index is 13.8. The number of aromatic carboxylic acids is 1. The summed E-state index contributed by atoms with van der Waals surface area (Å²) >= 11 is 0. The van der Waals surface area contributed by atoms with Gasteiger partial charge in [-0.3, -0.25) is 4.79 Å². The molecular formula is C30H35N5O5. The van der Waals surface area contributed by atoms with Crippen LogP contribution in [-0.4, -0.2) is 56.0 Å². The molecule has 40 heavy (non-hydrogen) atoms. The van der Waals surface area contributed by atoms with Crippen LogP contribution in [0.1, 0.15) is 55.1 Å². The number of imidazole rings is 1. The fourth-order valence-corrected chi connectivity index (χ4v) is 5.36. The van der Waals surface area contributed by atoms with Gasteiger partial charge in [0.2, 0.25) is 5.95 Å². The molecule has 0 aliphatic carbocycles. The van der Waals surface area contributed by atoms with E-state index in [1.807, 2.05) is 56.5 Å². The van der Waals surface area contributed by atoms with Crippen LogP contribution in [-0.2, 0) is 18.3 Å². The van der Waals surface area contributed by atoms with Gasteiger partial charge in [-0.05, 0) is 69.9 Å². The number of nitrogens with zero attached hydrogens (tertiary/aromatic N) is 4. The second kappa shape index (κ2) is 10.3. The molecule has 1 atom stereocenters. The summed E-state index contributed by atoms with van der Waals surface area (Å²) in [4.78, 5) is 45.1. The molecule has 1 aliphatic rings. The molecule has 0 radical (unpaired) electrons. The monoisotopic (exact) mass is 545 g/mol. The first kappa shape index (κ1) is 27.2. The third kappa shape index (κ3) is 5.25. The van der Waals surface area contributed by atoms with Crippen molar-refractivity contribution in [1.29, 1.82) is 0 Å². The number of piperidine rings is 1. The summed E-state index contributed by atoms with van der Waals surface area (Å²) in [6, 6.07) is 12.7. The number of anilines is 1. The molecule has 0 bridgehead atoms.